The molecule has 1 N–H and O–H groups in total. The summed E-state index contributed by atoms with van der Waals surface area (Å²) in [6, 6.07) is 4.95. The molecule has 2 heterocycles. The second-order valence-electron chi connectivity index (χ2n) is 5.95. The smallest absolute Gasteiger partial charge is 0.346 e. The predicted octanol–water partition coefficient (Wildman–Crippen LogP) is 1.76. The van der Waals surface area contributed by atoms with Crippen LogP contribution in [0.25, 0.3) is 0 Å². The summed E-state index contributed by atoms with van der Waals surface area (Å²) in [5.74, 6) is -0.474. The third-order valence-electron chi connectivity index (χ3n) is 3.73. The van der Waals surface area contributed by atoms with Crippen LogP contribution in [-0.2, 0) is 19.3 Å². The number of aromatic nitrogens is 6. The standard InChI is InChI=1S/C16H16F3N7O/c1-11(6-26-10-20-9-21-26)22-15(27)14-8-25(24-23-14)7-12-4-2-3-5-13(12)16(17,18)19/h2-5,8-11H,6-7H2,1H3,(H,22,27)/t11-/m0/s1. The Kier molecular flexibility index (Phi) is 5.19. The Hall–Kier alpha value is -3.24. The van der Waals surface area contributed by atoms with Gasteiger partial charge >= 0.3 is 6.18 Å². The van der Waals surface area contributed by atoms with E-state index in [1.54, 1.807) is 11.6 Å². The van der Waals surface area contributed by atoms with Crippen molar-refractivity contribution in [3.63, 3.8) is 0 Å². The van der Waals surface area contributed by atoms with E-state index in [1.165, 1.54) is 41.7 Å². The average Bonchev–Trinajstić information content (AvgIpc) is 3.26. The molecule has 1 aromatic carbocycles. The summed E-state index contributed by atoms with van der Waals surface area (Å²) in [6.07, 6.45) is -0.241. The topological polar surface area (TPSA) is 90.5 Å². The third-order valence-corrected chi connectivity index (χ3v) is 3.73. The highest BCUT2D eigenvalue weighted by atomic mass is 19.4. The van der Waals surface area contributed by atoms with Gasteiger partial charge in [0.25, 0.3) is 5.91 Å². The molecule has 0 radical (unpaired) electrons. The van der Waals surface area contributed by atoms with Gasteiger partial charge in [-0.05, 0) is 18.6 Å². The SMILES string of the molecule is C[C@@H](Cn1cncn1)NC(=O)c1cn(Cc2ccccc2C(F)(F)F)nn1. The van der Waals surface area contributed by atoms with Gasteiger partial charge in [0.2, 0.25) is 0 Å². The molecule has 3 aromatic rings. The van der Waals surface area contributed by atoms with Crippen LogP contribution in [-0.4, -0.2) is 41.7 Å². The quantitative estimate of drug-likeness (QED) is 0.705. The molecule has 0 unspecified atom stereocenters. The molecule has 0 saturated heterocycles. The van der Waals surface area contributed by atoms with Crippen molar-refractivity contribution in [2.24, 2.45) is 0 Å². The van der Waals surface area contributed by atoms with Gasteiger partial charge in [0, 0.05) is 6.04 Å². The Labute approximate surface area is 152 Å². The monoisotopic (exact) mass is 379 g/mol. The number of rotatable bonds is 6. The summed E-state index contributed by atoms with van der Waals surface area (Å²) < 4.78 is 41.9. The zero-order valence-corrected chi connectivity index (χ0v) is 14.3. The number of hydrogen-bond acceptors (Lipinski definition) is 5. The molecule has 1 amide bonds. The van der Waals surface area contributed by atoms with Crippen LogP contribution < -0.4 is 5.32 Å². The summed E-state index contributed by atoms with van der Waals surface area (Å²) in [5.41, 5.74) is -0.681. The molecular formula is C16H16F3N7O. The van der Waals surface area contributed by atoms with Crippen molar-refractivity contribution < 1.29 is 18.0 Å². The van der Waals surface area contributed by atoms with Gasteiger partial charge in [-0.2, -0.15) is 18.3 Å². The number of halogens is 3. The molecule has 142 valence electrons. The van der Waals surface area contributed by atoms with Gasteiger partial charge in [-0.15, -0.1) is 5.10 Å². The summed E-state index contributed by atoms with van der Waals surface area (Å²) in [4.78, 5) is 16.0. The fraction of sp³-hybridized carbons (Fsp3) is 0.312. The van der Waals surface area contributed by atoms with E-state index < -0.39 is 17.6 Å². The van der Waals surface area contributed by atoms with Crippen LogP contribution >= 0.6 is 0 Å². The van der Waals surface area contributed by atoms with Gasteiger partial charge in [-0.25, -0.2) is 9.67 Å². The number of amides is 1. The molecular weight excluding hydrogens is 363 g/mol. The first-order chi connectivity index (χ1) is 12.8. The molecule has 8 nitrogen and oxygen atoms in total. The molecule has 11 heteroatoms. The number of nitrogens with zero attached hydrogens (tertiary/aromatic N) is 6. The molecule has 0 aliphatic rings. The first kappa shape index (κ1) is 18.5. The lowest BCUT2D eigenvalue weighted by Gasteiger charge is -2.12. The second kappa shape index (κ2) is 7.56. The molecule has 0 fully saturated rings. The van der Waals surface area contributed by atoms with Gasteiger partial charge in [0.05, 0.1) is 24.8 Å². The minimum absolute atomic E-state index is 0.0185. The van der Waals surface area contributed by atoms with Crippen molar-refractivity contribution in [1.29, 1.82) is 0 Å². The first-order valence-electron chi connectivity index (χ1n) is 8.01. The zero-order chi connectivity index (χ0) is 19.4. The Morgan fingerprint density at radius 2 is 2.04 bits per heavy atom. The van der Waals surface area contributed by atoms with Gasteiger partial charge < -0.3 is 5.32 Å². The first-order valence-corrected chi connectivity index (χ1v) is 8.01. The minimum Gasteiger partial charge on any atom is -0.346 e. The summed E-state index contributed by atoms with van der Waals surface area (Å²) >= 11 is 0. The molecule has 3 rings (SSSR count). The molecule has 27 heavy (non-hydrogen) atoms. The van der Waals surface area contributed by atoms with Gasteiger partial charge in [-0.3, -0.25) is 9.48 Å². The normalized spacial score (nSPS) is 12.7. The van der Waals surface area contributed by atoms with E-state index in [9.17, 15) is 18.0 Å². The second-order valence-corrected chi connectivity index (χ2v) is 5.95. The van der Waals surface area contributed by atoms with Crippen molar-refractivity contribution in [2.45, 2.75) is 32.2 Å². The number of nitrogens with one attached hydrogen (secondary N) is 1. The Morgan fingerprint density at radius 1 is 1.26 bits per heavy atom. The fourth-order valence-corrected chi connectivity index (χ4v) is 2.54. The summed E-state index contributed by atoms with van der Waals surface area (Å²) in [6.45, 7) is 2.05. The van der Waals surface area contributed by atoms with E-state index in [1.807, 2.05) is 0 Å². The molecule has 0 spiro atoms. The van der Waals surface area contributed by atoms with Crippen LogP contribution in [0.2, 0.25) is 0 Å². The maximum absolute atomic E-state index is 13.1. The highest BCUT2D eigenvalue weighted by molar-refractivity contribution is 5.92. The third kappa shape index (κ3) is 4.68. The van der Waals surface area contributed by atoms with Crippen LogP contribution in [0.4, 0.5) is 13.2 Å². The number of benzene rings is 1. The lowest BCUT2D eigenvalue weighted by atomic mass is 10.1. The molecule has 1 atom stereocenters. The molecule has 2 aromatic heterocycles. The zero-order valence-electron chi connectivity index (χ0n) is 14.3. The van der Waals surface area contributed by atoms with Crippen molar-refractivity contribution in [1.82, 2.24) is 35.1 Å². The Morgan fingerprint density at radius 3 is 2.74 bits per heavy atom. The van der Waals surface area contributed by atoms with Gasteiger partial charge in [-0.1, -0.05) is 23.4 Å². The van der Waals surface area contributed by atoms with Crippen molar-refractivity contribution in [3.8, 4) is 0 Å². The van der Waals surface area contributed by atoms with Crippen molar-refractivity contribution >= 4 is 5.91 Å². The van der Waals surface area contributed by atoms with E-state index in [0.717, 1.165) is 6.07 Å². The van der Waals surface area contributed by atoms with Gasteiger partial charge in [0.15, 0.2) is 5.69 Å². The van der Waals surface area contributed by atoms with Crippen LogP contribution in [0.3, 0.4) is 0 Å². The Balaban J connectivity index is 1.66. The highest BCUT2D eigenvalue weighted by Crippen LogP contribution is 2.32. The molecule has 0 bridgehead atoms. The molecule has 0 aliphatic heterocycles. The summed E-state index contributed by atoms with van der Waals surface area (Å²) in [5, 5.41) is 14.2. The Bertz CT molecular complexity index is 905. The number of carbonyl (C=O) groups is 1. The number of carbonyl (C=O) groups excluding carboxylic acids is 1. The molecule has 0 aliphatic carbocycles. The van der Waals surface area contributed by atoms with Crippen molar-refractivity contribution in [3.05, 3.63) is 59.9 Å². The fourth-order valence-electron chi connectivity index (χ4n) is 2.54. The van der Waals surface area contributed by atoms with E-state index >= 15 is 0 Å². The predicted molar refractivity (Wildman–Crippen MR) is 87.5 cm³/mol. The van der Waals surface area contributed by atoms with E-state index in [2.05, 4.69) is 25.7 Å². The van der Waals surface area contributed by atoms with Crippen LogP contribution in [0.15, 0.2) is 43.1 Å². The van der Waals surface area contributed by atoms with Crippen molar-refractivity contribution in [2.75, 3.05) is 0 Å². The summed E-state index contributed by atoms with van der Waals surface area (Å²) in [7, 11) is 0. The highest BCUT2D eigenvalue weighted by Gasteiger charge is 2.33. The number of hydrogen-bond donors (Lipinski definition) is 1. The van der Waals surface area contributed by atoms with Crippen LogP contribution in [0, 0.1) is 0 Å². The van der Waals surface area contributed by atoms with Gasteiger partial charge in [0.1, 0.15) is 12.7 Å². The van der Waals surface area contributed by atoms with Crippen LogP contribution in [0.1, 0.15) is 28.5 Å². The maximum atomic E-state index is 13.1. The van der Waals surface area contributed by atoms with E-state index in [4.69, 9.17) is 0 Å². The lowest BCUT2D eigenvalue weighted by molar-refractivity contribution is -0.138. The average molecular weight is 379 g/mol. The number of alkyl halides is 3. The molecule has 0 saturated carbocycles. The largest absolute Gasteiger partial charge is 0.416 e. The lowest BCUT2D eigenvalue weighted by Crippen LogP contribution is -2.36. The minimum atomic E-state index is -4.46. The van der Waals surface area contributed by atoms with Crippen LogP contribution in [0.5, 0.6) is 0 Å². The maximum Gasteiger partial charge on any atom is 0.416 e. The van der Waals surface area contributed by atoms with E-state index in [0.29, 0.717) is 6.54 Å². The van der Waals surface area contributed by atoms with E-state index in [-0.39, 0.29) is 23.8 Å².